The van der Waals surface area contributed by atoms with Gasteiger partial charge in [-0.3, -0.25) is 4.79 Å². The third kappa shape index (κ3) is 2.53. The molecule has 90 valence electrons. The van der Waals surface area contributed by atoms with Crippen LogP contribution in [-0.4, -0.2) is 25.2 Å². The summed E-state index contributed by atoms with van der Waals surface area (Å²) < 4.78 is 5.31. The fourth-order valence-corrected chi connectivity index (χ4v) is 1.99. The Balaban J connectivity index is 2.61. The molecule has 4 nitrogen and oxygen atoms in total. The smallest absolute Gasteiger partial charge is 0.240 e. The van der Waals surface area contributed by atoms with Crippen LogP contribution in [0.4, 0.5) is 0 Å². The third-order valence-corrected chi connectivity index (χ3v) is 3.53. The molecule has 1 aliphatic rings. The number of methoxy groups -OCH3 is 1. The van der Waals surface area contributed by atoms with Gasteiger partial charge in [0.05, 0.1) is 18.2 Å². The first-order valence-corrected chi connectivity index (χ1v) is 5.82. The summed E-state index contributed by atoms with van der Waals surface area (Å²) >= 11 is 0. The van der Waals surface area contributed by atoms with Crippen molar-refractivity contribution in [1.82, 2.24) is 5.32 Å². The molecule has 16 heavy (non-hydrogen) atoms. The summed E-state index contributed by atoms with van der Waals surface area (Å²) in [4.78, 5) is 12.0. The van der Waals surface area contributed by atoms with Crippen LogP contribution < -0.4 is 5.32 Å². The van der Waals surface area contributed by atoms with Gasteiger partial charge in [-0.15, -0.1) is 0 Å². The van der Waals surface area contributed by atoms with Crippen LogP contribution in [-0.2, 0) is 9.53 Å². The molecular weight excluding hydrogens is 204 g/mol. The minimum absolute atomic E-state index is 0.0664. The second-order valence-corrected chi connectivity index (χ2v) is 4.58. The largest absolute Gasteiger partial charge is 0.379 e. The number of nitrogens with zero attached hydrogens (tertiary/aromatic N) is 1. The SMILES string of the molecule is CCC(C)(C#N)C(=O)NC1CCCC1OC. The third-order valence-electron chi connectivity index (χ3n) is 3.53. The molecule has 0 heterocycles. The zero-order valence-electron chi connectivity index (χ0n) is 10.2. The molecule has 0 radical (unpaired) electrons. The number of hydrogen-bond donors (Lipinski definition) is 1. The van der Waals surface area contributed by atoms with E-state index in [1.54, 1.807) is 14.0 Å². The van der Waals surface area contributed by atoms with Crippen LogP contribution in [0.15, 0.2) is 0 Å². The van der Waals surface area contributed by atoms with Gasteiger partial charge in [-0.2, -0.15) is 5.26 Å². The summed E-state index contributed by atoms with van der Waals surface area (Å²) in [6, 6.07) is 2.15. The molecule has 3 unspecified atom stereocenters. The summed E-state index contributed by atoms with van der Waals surface area (Å²) in [5.74, 6) is -0.175. The van der Waals surface area contributed by atoms with E-state index in [1.165, 1.54) is 0 Å². The second-order valence-electron chi connectivity index (χ2n) is 4.58. The average molecular weight is 224 g/mol. The predicted molar refractivity (Wildman–Crippen MR) is 60.6 cm³/mol. The Labute approximate surface area is 97.0 Å². The van der Waals surface area contributed by atoms with Gasteiger partial charge < -0.3 is 10.1 Å². The molecule has 1 saturated carbocycles. The van der Waals surface area contributed by atoms with Crippen molar-refractivity contribution in [2.75, 3.05) is 7.11 Å². The van der Waals surface area contributed by atoms with E-state index in [0.717, 1.165) is 19.3 Å². The van der Waals surface area contributed by atoms with Crippen LogP contribution in [0.3, 0.4) is 0 Å². The Morgan fingerprint density at radius 1 is 1.62 bits per heavy atom. The van der Waals surface area contributed by atoms with Crippen molar-refractivity contribution < 1.29 is 9.53 Å². The fraction of sp³-hybridized carbons (Fsp3) is 0.833. The van der Waals surface area contributed by atoms with Gasteiger partial charge in [0.2, 0.25) is 5.91 Å². The van der Waals surface area contributed by atoms with Crippen LogP contribution in [0.5, 0.6) is 0 Å². The molecule has 0 saturated heterocycles. The molecule has 0 spiro atoms. The van der Waals surface area contributed by atoms with E-state index in [4.69, 9.17) is 10.00 Å². The lowest BCUT2D eigenvalue weighted by Crippen LogP contribution is -2.46. The van der Waals surface area contributed by atoms with Crippen molar-refractivity contribution >= 4 is 5.91 Å². The predicted octanol–water partition coefficient (Wildman–Crippen LogP) is 1.61. The first kappa shape index (κ1) is 13.0. The van der Waals surface area contributed by atoms with Crippen LogP contribution in [0.2, 0.25) is 0 Å². The molecule has 4 heteroatoms. The van der Waals surface area contributed by atoms with Gasteiger partial charge in [-0.05, 0) is 32.6 Å². The number of nitriles is 1. The molecule has 1 aliphatic carbocycles. The highest BCUT2D eigenvalue weighted by molar-refractivity contribution is 5.85. The minimum atomic E-state index is -0.916. The lowest BCUT2D eigenvalue weighted by molar-refractivity contribution is -0.129. The van der Waals surface area contributed by atoms with E-state index < -0.39 is 5.41 Å². The first-order valence-electron chi connectivity index (χ1n) is 5.82. The second kappa shape index (κ2) is 5.31. The molecule has 0 aromatic rings. The van der Waals surface area contributed by atoms with E-state index in [-0.39, 0.29) is 18.1 Å². The lowest BCUT2D eigenvalue weighted by Gasteiger charge is -2.25. The summed E-state index contributed by atoms with van der Waals surface area (Å²) in [6.07, 6.45) is 3.62. The van der Waals surface area contributed by atoms with Crippen LogP contribution >= 0.6 is 0 Å². The molecule has 3 atom stereocenters. The zero-order valence-corrected chi connectivity index (χ0v) is 10.2. The number of hydrogen-bond acceptors (Lipinski definition) is 3. The summed E-state index contributed by atoms with van der Waals surface area (Å²) in [7, 11) is 1.67. The Hall–Kier alpha value is -1.08. The van der Waals surface area contributed by atoms with Crippen molar-refractivity contribution in [3.8, 4) is 6.07 Å². The average Bonchev–Trinajstić information content (AvgIpc) is 2.75. The van der Waals surface area contributed by atoms with Crippen LogP contribution in [0, 0.1) is 16.7 Å². The van der Waals surface area contributed by atoms with Gasteiger partial charge in [0.15, 0.2) is 0 Å². The van der Waals surface area contributed by atoms with Crippen molar-refractivity contribution in [2.45, 2.75) is 51.7 Å². The Morgan fingerprint density at radius 3 is 2.81 bits per heavy atom. The molecular formula is C12H20N2O2. The van der Waals surface area contributed by atoms with Crippen molar-refractivity contribution in [1.29, 1.82) is 5.26 Å². The van der Waals surface area contributed by atoms with E-state index in [0.29, 0.717) is 6.42 Å². The van der Waals surface area contributed by atoms with Gasteiger partial charge >= 0.3 is 0 Å². The highest BCUT2D eigenvalue weighted by Crippen LogP contribution is 2.25. The Bertz CT molecular complexity index is 298. The van der Waals surface area contributed by atoms with Crippen LogP contribution in [0.1, 0.15) is 39.5 Å². The molecule has 0 aliphatic heterocycles. The van der Waals surface area contributed by atoms with Gasteiger partial charge in [0, 0.05) is 7.11 Å². The van der Waals surface area contributed by atoms with Crippen molar-refractivity contribution in [3.05, 3.63) is 0 Å². The molecule has 0 aromatic carbocycles. The number of carbonyl (C=O) groups excluding carboxylic acids is 1. The quantitative estimate of drug-likeness (QED) is 0.789. The van der Waals surface area contributed by atoms with E-state index in [1.807, 2.05) is 6.92 Å². The maximum absolute atomic E-state index is 12.0. The highest BCUT2D eigenvalue weighted by Gasteiger charge is 2.36. The lowest BCUT2D eigenvalue weighted by atomic mass is 9.88. The molecule has 1 rings (SSSR count). The number of amides is 1. The maximum atomic E-state index is 12.0. The molecule has 1 N–H and O–H groups in total. The maximum Gasteiger partial charge on any atom is 0.240 e. The number of rotatable bonds is 4. The number of ether oxygens (including phenoxy) is 1. The topological polar surface area (TPSA) is 62.1 Å². The normalized spacial score (nSPS) is 28.1. The summed E-state index contributed by atoms with van der Waals surface area (Å²) in [6.45, 7) is 3.53. The van der Waals surface area contributed by atoms with Gasteiger partial charge in [-0.25, -0.2) is 0 Å². The number of carbonyl (C=O) groups is 1. The summed E-state index contributed by atoms with van der Waals surface area (Å²) in [5, 5.41) is 11.9. The van der Waals surface area contributed by atoms with Gasteiger partial charge in [0.1, 0.15) is 5.41 Å². The van der Waals surface area contributed by atoms with E-state index >= 15 is 0 Å². The summed E-state index contributed by atoms with van der Waals surface area (Å²) in [5.41, 5.74) is -0.916. The zero-order chi connectivity index (χ0) is 12.2. The van der Waals surface area contributed by atoms with Crippen molar-refractivity contribution in [2.24, 2.45) is 5.41 Å². The van der Waals surface area contributed by atoms with Crippen LogP contribution in [0.25, 0.3) is 0 Å². The van der Waals surface area contributed by atoms with E-state index in [9.17, 15) is 4.79 Å². The Morgan fingerprint density at radius 2 is 2.31 bits per heavy atom. The highest BCUT2D eigenvalue weighted by atomic mass is 16.5. The van der Waals surface area contributed by atoms with Crippen molar-refractivity contribution in [3.63, 3.8) is 0 Å². The standard InChI is InChI=1S/C12H20N2O2/c1-4-12(2,8-13)11(15)14-9-6-5-7-10(9)16-3/h9-10H,4-7H2,1-3H3,(H,14,15). The molecule has 0 bridgehead atoms. The minimum Gasteiger partial charge on any atom is -0.379 e. The fourth-order valence-electron chi connectivity index (χ4n) is 1.99. The number of nitrogens with one attached hydrogen (secondary N) is 1. The Kier molecular flexibility index (Phi) is 4.31. The van der Waals surface area contributed by atoms with Gasteiger partial charge in [0.25, 0.3) is 0 Å². The molecule has 1 fully saturated rings. The monoisotopic (exact) mass is 224 g/mol. The molecule has 0 aromatic heterocycles. The van der Waals surface area contributed by atoms with E-state index in [2.05, 4.69) is 11.4 Å². The first-order chi connectivity index (χ1) is 7.57. The van der Waals surface area contributed by atoms with Gasteiger partial charge in [-0.1, -0.05) is 6.92 Å². The molecule has 1 amide bonds.